The van der Waals surface area contributed by atoms with Crippen LogP contribution in [0.15, 0.2) is 60.7 Å². The van der Waals surface area contributed by atoms with E-state index in [1.807, 2.05) is 50.3 Å². The summed E-state index contributed by atoms with van der Waals surface area (Å²) in [6.07, 6.45) is 24.5. The van der Waals surface area contributed by atoms with E-state index >= 15 is 0 Å². The Morgan fingerprint density at radius 3 is 1.30 bits per heavy atom. The second-order valence-electron chi connectivity index (χ2n) is 9.87. The standard InChI is InChI=1S/2C13H17F2N2O.2C5H5.Ti/c2*1-2-3-7-16-13(18)17-8-6-10-4-5-11(14)9-12(10)15;2*1-2-4-5-3-1;/h2*4-5H,2-3,6-8H2,1H3,(H2,16,17,18);2*1-3H,4H2;/q4*-1;+4. The first-order valence-corrected chi connectivity index (χ1v) is 15.5. The van der Waals surface area contributed by atoms with Crippen LogP contribution in [0, 0.1) is 47.6 Å². The van der Waals surface area contributed by atoms with Crippen LogP contribution in [0.5, 0.6) is 0 Å². The summed E-state index contributed by atoms with van der Waals surface area (Å²) in [5, 5.41) is 10.6. The summed E-state index contributed by atoms with van der Waals surface area (Å²) in [7, 11) is 0. The summed E-state index contributed by atoms with van der Waals surface area (Å²) in [6, 6.07) is 8.40. The largest absolute Gasteiger partial charge is 4.00 e. The molecule has 0 aliphatic heterocycles. The number of carbonyl (C=O) groups excluding carboxylic acids is 2. The van der Waals surface area contributed by atoms with E-state index in [0.717, 1.165) is 50.7 Å². The molecule has 2 aromatic carbocycles. The molecule has 0 radical (unpaired) electrons. The first-order chi connectivity index (χ1) is 22.3. The molecule has 6 nitrogen and oxygen atoms in total. The topological polar surface area (TPSA) is 82.3 Å². The predicted molar refractivity (Wildman–Crippen MR) is 174 cm³/mol. The van der Waals surface area contributed by atoms with Crippen molar-refractivity contribution in [3.63, 3.8) is 0 Å². The molecule has 0 bridgehead atoms. The van der Waals surface area contributed by atoms with Crippen molar-refractivity contribution in [1.29, 1.82) is 0 Å². The van der Waals surface area contributed by atoms with Gasteiger partial charge in [0.2, 0.25) is 0 Å². The van der Waals surface area contributed by atoms with Gasteiger partial charge in [-0.15, -0.1) is 48.2 Å². The number of hydrogen-bond acceptors (Lipinski definition) is 2. The minimum Gasteiger partial charge on any atom is -0.339 e. The third kappa shape index (κ3) is 23.4. The fourth-order valence-corrected chi connectivity index (χ4v) is 3.52. The summed E-state index contributed by atoms with van der Waals surface area (Å²) in [4.78, 5) is 22.5. The van der Waals surface area contributed by atoms with E-state index in [-0.39, 0.29) is 33.8 Å². The molecule has 0 unspecified atom stereocenters. The normalized spacial score (nSPS) is 11.5. The molecule has 11 heteroatoms. The van der Waals surface area contributed by atoms with Gasteiger partial charge in [-0.25, -0.2) is 51.5 Å². The summed E-state index contributed by atoms with van der Waals surface area (Å²) in [5.41, 5.74) is 0.676. The van der Waals surface area contributed by atoms with E-state index in [1.54, 1.807) is 0 Å². The average molecular weight is 689 g/mol. The van der Waals surface area contributed by atoms with Crippen molar-refractivity contribution >= 4 is 12.1 Å². The van der Waals surface area contributed by atoms with Crippen LogP contribution in [-0.2, 0) is 34.6 Å². The van der Waals surface area contributed by atoms with E-state index in [2.05, 4.69) is 45.6 Å². The Bertz CT molecular complexity index is 1170. The average Bonchev–Trinajstić information content (AvgIpc) is 3.80. The smallest absolute Gasteiger partial charge is 0.339 e. The second-order valence-corrected chi connectivity index (χ2v) is 9.87. The molecule has 2 aromatic rings. The van der Waals surface area contributed by atoms with Gasteiger partial charge in [0.15, 0.2) is 0 Å². The van der Waals surface area contributed by atoms with Crippen LogP contribution in [-0.4, -0.2) is 38.2 Å². The van der Waals surface area contributed by atoms with Gasteiger partial charge in [0.05, 0.1) is 0 Å². The Morgan fingerprint density at radius 1 is 0.638 bits per heavy atom. The molecule has 47 heavy (non-hydrogen) atoms. The Kier molecular flexibility index (Phi) is 26.4. The number of allylic oxidation sites excluding steroid dienone is 8. The van der Waals surface area contributed by atoms with Crippen molar-refractivity contribution in [2.75, 3.05) is 26.2 Å². The third-order valence-electron chi connectivity index (χ3n) is 6.05. The SMILES string of the molecule is CCCCNC(=O)NCCc1ccc(F)[c-]c1F.CCCCNC(=O)NCCc1ccc(F)[c-]c1F.[C-]1=CC=CC1.[C-]1=CC=CC1.[Ti+4]. The first-order valence-electron chi connectivity index (χ1n) is 15.5. The fourth-order valence-electron chi connectivity index (χ4n) is 3.52. The van der Waals surface area contributed by atoms with Crippen molar-refractivity contribution in [1.82, 2.24) is 21.3 Å². The van der Waals surface area contributed by atoms with Gasteiger partial charge >= 0.3 is 33.8 Å². The molecule has 0 fully saturated rings. The second kappa shape index (κ2) is 28.6. The molecule has 252 valence electrons. The zero-order chi connectivity index (χ0) is 33.8. The van der Waals surface area contributed by atoms with Crippen molar-refractivity contribution < 1.29 is 48.9 Å². The summed E-state index contributed by atoms with van der Waals surface area (Å²) in [6.45, 7) is 5.92. The molecule has 0 saturated heterocycles. The van der Waals surface area contributed by atoms with Gasteiger partial charge in [-0.1, -0.05) is 39.5 Å². The minimum absolute atomic E-state index is 0. The molecule has 4 rings (SSSR count). The fraction of sp³-hybridized carbons (Fsp3) is 0.389. The van der Waals surface area contributed by atoms with Gasteiger partial charge in [-0.05, 0) is 12.8 Å². The van der Waals surface area contributed by atoms with Crippen LogP contribution in [0.4, 0.5) is 27.2 Å². The molecular weight excluding hydrogens is 644 g/mol. The van der Waals surface area contributed by atoms with Gasteiger partial charge in [0.25, 0.3) is 0 Å². The summed E-state index contributed by atoms with van der Waals surface area (Å²) in [5.74, 6) is -2.85. The van der Waals surface area contributed by atoms with Crippen LogP contribution in [0.25, 0.3) is 0 Å². The maximum atomic E-state index is 13.2. The monoisotopic (exact) mass is 688 g/mol. The van der Waals surface area contributed by atoms with Crippen LogP contribution in [0.3, 0.4) is 0 Å². The number of unbranched alkanes of at least 4 members (excludes halogenated alkanes) is 2. The maximum absolute atomic E-state index is 13.2. The van der Waals surface area contributed by atoms with E-state index in [1.165, 1.54) is 12.1 Å². The Labute approximate surface area is 292 Å². The van der Waals surface area contributed by atoms with Crippen LogP contribution >= 0.6 is 0 Å². The minimum atomic E-state index is -0.721. The number of hydrogen-bond donors (Lipinski definition) is 4. The maximum Gasteiger partial charge on any atom is 4.00 e. The van der Waals surface area contributed by atoms with Gasteiger partial charge in [-0.3, -0.25) is 12.2 Å². The van der Waals surface area contributed by atoms with E-state index < -0.39 is 23.3 Å². The first kappa shape index (κ1) is 43.4. The number of amides is 4. The van der Waals surface area contributed by atoms with Crippen LogP contribution in [0.2, 0.25) is 0 Å². The van der Waals surface area contributed by atoms with Crippen molar-refractivity contribution in [2.45, 2.75) is 65.2 Å². The molecule has 0 saturated carbocycles. The number of urea groups is 2. The zero-order valence-electron chi connectivity index (χ0n) is 27.1. The quantitative estimate of drug-likeness (QED) is 0.0811. The number of carbonyl (C=O) groups is 2. The number of nitrogens with one attached hydrogen (secondary N) is 4. The van der Waals surface area contributed by atoms with Gasteiger partial charge in [-0.2, -0.15) is 24.3 Å². The number of rotatable bonds is 12. The molecule has 0 spiro atoms. The Hall–Kier alpha value is -3.63. The van der Waals surface area contributed by atoms with Crippen molar-refractivity contribution in [3.05, 3.63) is 119 Å². The predicted octanol–water partition coefficient (Wildman–Crippen LogP) is 7.42. The molecule has 0 heterocycles. The van der Waals surface area contributed by atoms with Gasteiger partial charge in [0, 0.05) is 49.4 Å². The van der Waals surface area contributed by atoms with Crippen LogP contribution < -0.4 is 21.3 Å². The van der Waals surface area contributed by atoms with Crippen molar-refractivity contribution in [2.24, 2.45) is 0 Å². The molecule has 0 atom stereocenters. The van der Waals surface area contributed by atoms with E-state index in [9.17, 15) is 27.2 Å². The molecule has 2 aliphatic rings. The van der Waals surface area contributed by atoms with Crippen molar-refractivity contribution in [3.8, 4) is 0 Å². The van der Waals surface area contributed by atoms with Gasteiger partial charge in [0.1, 0.15) is 0 Å². The van der Waals surface area contributed by atoms with Crippen LogP contribution in [0.1, 0.15) is 63.5 Å². The Morgan fingerprint density at radius 2 is 1.02 bits per heavy atom. The summed E-state index contributed by atoms with van der Waals surface area (Å²) >= 11 is 0. The number of benzene rings is 2. The molecular formula is C36H44F4N4O2Ti. The molecule has 4 N–H and O–H groups in total. The Balaban J connectivity index is 0.000000681. The zero-order valence-corrected chi connectivity index (χ0v) is 28.6. The van der Waals surface area contributed by atoms with E-state index in [4.69, 9.17) is 0 Å². The van der Waals surface area contributed by atoms with Gasteiger partial charge < -0.3 is 21.3 Å². The van der Waals surface area contributed by atoms with E-state index in [0.29, 0.717) is 50.1 Å². The number of halogens is 4. The third-order valence-corrected chi connectivity index (χ3v) is 6.05. The molecule has 2 aliphatic carbocycles. The molecule has 0 aromatic heterocycles. The summed E-state index contributed by atoms with van der Waals surface area (Å²) < 4.78 is 51.6. The molecule has 4 amide bonds.